The highest BCUT2D eigenvalue weighted by Crippen LogP contribution is 2.03. The molecule has 0 amide bonds. The van der Waals surface area contributed by atoms with Gasteiger partial charge < -0.3 is 9.73 Å². The van der Waals surface area contributed by atoms with Crippen LogP contribution in [0.4, 0.5) is 0 Å². The predicted molar refractivity (Wildman–Crippen MR) is 68.5 cm³/mol. The maximum Gasteiger partial charge on any atom is 0.105 e. The van der Waals surface area contributed by atoms with Crippen molar-refractivity contribution in [2.75, 3.05) is 6.54 Å². The van der Waals surface area contributed by atoms with Gasteiger partial charge in [-0.2, -0.15) is 0 Å². The Labute approximate surface area is 98.7 Å². The number of allylic oxidation sites excluding steroid dienone is 2. The van der Waals surface area contributed by atoms with Gasteiger partial charge in [0.2, 0.25) is 0 Å². The number of hydrogen-bond donors (Lipinski definition) is 1. The molecular formula is C14H23NO. The summed E-state index contributed by atoms with van der Waals surface area (Å²) in [5, 5.41) is 3.51. The Morgan fingerprint density at radius 3 is 2.94 bits per heavy atom. The van der Waals surface area contributed by atoms with Crippen LogP contribution in [-0.4, -0.2) is 12.6 Å². The molecule has 2 heteroatoms. The minimum atomic E-state index is 0.575. The smallest absolute Gasteiger partial charge is 0.105 e. The largest absolute Gasteiger partial charge is 0.469 e. The molecule has 0 bridgehead atoms. The fourth-order valence-electron chi connectivity index (χ4n) is 1.62. The van der Waals surface area contributed by atoms with E-state index < -0.39 is 0 Å². The van der Waals surface area contributed by atoms with Gasteiger partial charge in [-0.25, -0.2) is 0 Å². The summed E-state index contributed by atoms with van der Waals surface area (Å²) in [7, 11) is 0. The highest BCUT2D eigenvalue weighted by Gasteiger charge is 2.00. The van der Waals surface area contributed by atoms with Gasteiger partial charge >= 0.3 is 0 Å². The molecule has 1 heterocycles. The van der Waals surface area contributed by atoms with Crippen LogP contribution in [0.2, 0.25) is 0 Å². The van der Waals surface area contributed by atoms with E-state index in [0.717, 1.165) is 25.1 Å². The molecule has 2 nitrogen and oxygen atoms in total. The van der Waals surface area contributed by atoms with Crippen LogP contribution >= 0.6 is 0 Å². The van der Waals surface area contributed by atoms with Gasteiger partial charge in [-0.1, -0.05) is 11.6 Å². The number of hydrogen-bond acceptors (Lipinski definition) is 2. The van der Waals surface area contributed by atoms with Gasteiger partial charge in [-0.15, -0.1) is 0 Å². The second-order valence-corrected chi connectivity index (χ2v) is 4.54. The van der Waals surface area contributed by atoms with Gasteiger partial charge in [-0.05, 0) is 45.7 Å². The van der Waals surface area contributed by atoms with Crippen LogP contribution in [-0.2, 0) is 6.42 Å². The predicted octanol–water partition coefficient (Wildman–Crippen LogP) is 3.55. The third-order valence-corrected chi connectivity index (χ3v) is 2.60. The lowest BCUT2D eigenvalue weighted by Gasteiger charge is -2.11. The molecule has 1 atom stereocenters. The summed E-state index contributed by atoms with van der Waals surface area (Å²) in [4.78, 5) is 0. The molecule has 1 aromatic heterocycles. The Kier molecular flexibility index (Phi) is 5.94. The Morgan fingerprint density at radius 1 is 1.50 bits per heavy atom. The fraction of sp³-hybridized carbons (Fsp3) is 0.571. The van der Waals surface area contributed by atoms with Crippen LogP contribution in [0.15, 0.2) is 34.5 Å². The Morgan fingerprint density at radius 2 is 2.31 bits per heavy atom. The summed E-state index contributed by atoms with van der Waals surface area (Å²) in [5.41, 5.74) is 1.41. The first kappa shape index (κ1) is 13.0. The standard InChI is InChI=1S/C14H23NO/c1-12(2)6-4-7-13(3)15-10-9-14-8-5-11-16-14/h5-6,8,11,13,15H,4,7,9-10H2,1-3H3. The van der Waals surface area contributed by atoms with Crippen molar-refractivity contribution in [1.29, 1.82) is 0 Å². The van der Waals surface area contributed by atoms with Crippen molar-refractivity contribution in [3.05, 3.63) is 35.8 Å². The number of nitrogens with one attached hydrogen (secondary N) is 1. The highest BCUT2D eigenvalue weighted by molar-refractivity contribution is 4.98. The summed E-state index contributed by atoms with van der Waals surface area (Å²) >= 11 is 0. The molecular weight excluding hydrogens is 198 g/mol. The van der Waals surface area contributed by atoms with Crippen molar-refractivity contribution in [3.63, 3.8) is 0 Å². The van der Waals surface area contributed by atoms with Gasteiger partial charge in [0.25, 0.3) is 0 Å². The minimum absolute atomic E-state index is 0.575. The molecule has 0 radical (unpaired) electrons. The van der Waals surface area contributed by atoms with E-state index in [0.29, 0.717) is 6.04 Å². The molecule has 1 rings (SSSR count). The van der Waals surface area contributed by atoms with Crippen LogP contribution in [0.3, 0.4) is 0 Å². The maximum atomic E-state index is 5.28. The van der Waals surface area contributed by atoms with Crippen molar-refractivity contribution in [3.8, 4) is 0 Å². The van der Waals surface area contributed by atoms with Crippen LogP contribution < -0.4 is 5.32 Å². The summed E-state index contributed by atoms with van der Waals surface area (Å²) in [6.45, 7) is 7.52. The van der Waals surface area contributed by atoms with Gasteiger partial charge in [0.15, 0.2) is 0 Å². The Bertz CT molecular complexity index is 297. The van der Waals surface area contributed by atoms with Crippen molar-refractivity contribution < 1.29 is 4.42 Å². The van der Waals surface area contributed by atoms with E-state index in [1.54, 1.807) is 6.26 Å². The average Bonchev–Trinajstić information content (AvgIpc) is 2.70. The summed E-state index contributed by atoms with van der Waals surface area (Å²) in [6.07, 6.45) is 7.36. The summed E-state index contributed by atoms with van der Waals surface area (Å²) in [5.74, 6) is 1.06. The maximum absolute atomic E-state index is 5.28. The first-order valence-electron chi connectivity index (χ1n) is 6.07. The molecule has 1 unspecified atom stereocenters. The first-order valence-corrected chi connectivity index (χ1v) is 6.07. The molecule has 0 aliphatic heterocycles. The molecule has 0 fully saturated rings. The van der Waals surface area contributed by atoms with Crippen molar-refractivity contribution in [2.24, 2.45) is 0 Å². The van der Waals surface area contributed by atoms with Crippen LogP contribution in [0.1, 0.15) is 39.4 Å². The molecule has 1 aromatic rings. The number of furan rings is 1. The number of rotatable bonds is 7. The monoisotopic (exact) mass is 221 g/mol. The van der Waals surface area contributed by atoms with E-state index in [9.17, 15) is 0 Å². The third kappa shape index (κ3) is 5.76. The van der Waals surface area contributed by atoms with Crippen LogP contribution in [0, 0.1) is 0 Å². The van der Waals surface area contributed by atoms with E-state index in [-0.39, 0.29) is 0 Å². The average molecular weight is 221 g/mol. The van der Waals surface area contributed by atoms with Crippen LogP contribution in [0.25, 0.3) is 0 Å². The highest BCUT2D eigenvalue weighted by atomic mass is 16.3. The zero-order valence-electron chi connectivity index (χ0n) is 10.6. The molecule has 90 valence electrons. The zero-order chi connectivity index (χ0) is 11.8. The molecule has 0 aliphatic carbocycles. The topological polar surface area (TPSA) is 25.2 Å². The van der Waals surface area contributed by atoms with E-state index in [1.807, 2.05) is 12.1 Å². The van der Waals surface area contributed by atoms with Gasteiger partial charge in [0.05, 0.1) is 6.26 Å². The summed E-state index contributed by atoms with van der Waals surface area (Å²) in [6, 6.07) is 4.54. The molecule has 0 spiro atoms. The molecule has 0 aliphatic rings. The van der Waals surface area contributed by atoms with Crippen LogP contribution in [0.5, 0.6) is 0 Å². The van der Waals surface area contributed by atoms with E-state index in [4.69, 9.17) is 4.42 Å². The van der Waals surface area contributed by atoms with E-state index in [1.165, 1.54) is 12.0 Å². The second-order valence-electron chi connectivity index (χ2n) is 4.54. The SMILES string of the molecule is CC(C)=CCCC(C)NCCc1ccco1. The van der Waals surface area contributed by atoms with Crippen molar-refractivity contribution in [2.45, 2.75) is 46.1 Å². The fourth-order valence-corrected chi connectivity index (χ4v) is 1.62. The quantitative estimate of drug-likeness (QED) is 0.712. The van der Waals surface area contributed by atoms with Crippen molar-refractivity contribution in [1.82, 2.24) is 5.32 Å². The van der Waals surface area contributed by atoms with E-state index in [2.05, 4.69) is 32.2 Å². The lowest BCUT2D eigenvalue weighted by molar-refractivity contribution is 0.472. The Hall–Kier alpha value is -1.02. The van der Waals surface area contributed by atoms with Gasteiger partial charge in [0, 0.05) is 19.0 Å². The second kappa shape index (κ2) is 7.29. The third-order valence-electron chi connectivity index (χ3n) is 2.60. The van der Waals surface area contributed by atoms with Crippen molar-refractivity contribution >= 4 is 0 Å². The molecule has 1 N–H and O–H groups in total. The van der Waals surface area contributed by atoms with Gasteiger partial charge in [0.1, 0.15) is 5.76 Å². The first-order chi connectivity index (χ1) is 7.68. The summed E-state index contributed by atoms with van der Waals surface area (Å²) < 4.78 is 5.28. The lowest BCUT2D eigenvalue weighted by atomic mass is 10.1. The molecule has 0 saturated carbocycles. The van der Waals surface area contributed by atoms with E-state index >= 15 is 0 Å². The molecule has 0 saturated heterocycles. The molecule has 16 heavy (non-hydrogen) atoms. The minimum Gasteiger partial charge on any atom is -0.469 e. The Balaban J connectivity index is 2.06. The lowest BCUT2D eigenvalue weighted by Crippen LogP contribution is -2.27. The zero-order valence-corrected chi connectivity index (χ0v) is 10.6. The molecule has 0 aromatic carbocycles. The normalized spacial score (nSPS) is 12.4. The van der Waals surface area contributed by atoms with Gasteiger partial charge in [-0.3, -0.25) is 0 Å².